The minimum atomic E-state index is 0.820. The minimum Gasteiger partial charge on any atom is -0.308 e. The molecule has 3 heteroatoms. The van der Waals surface area contributed by atoms with Crippen molar-refractivity contribution in [3.8, 4) is 12.1 Å². The molecular weight excluding hydrogens is 402 g/mol. The maximum absolute atomic E-state index is 9.81. The van der Waals surface area contributed by atoms with Crippen molar-refractivity contribution in [1.29, 1.82) is 10.5 Å². The normalized spacial score (nSPS) is 13.9. The van der Waals surface area contributed by atoms with Gasteiger partial charge in [-0.25, -0.2) is 0 Å². The van der Waals surface area contributed by atoms with Gasteiger partial charge in [0.05, 0.1) is 39.8 Å². The first-order valence-corrected chi connectivity index (χ1v) is 12.4. The highest BCUT2D eigenvalue weighted by Crippen LogP contribution is 2.46. The third-order valence-electron chi connectivity index (χ3n) is 7.28. The second-order valence-corrected chi connectivity index (χ2v) is 8.52. The number of benzene rings is 3. The molecule has 0 bridgehead atoms. The van der Waals surface area contributed by atoms with E-state index in [1.807, 2.05) is 27.7 Å². The third-order valence-corrected chi connectivity index (χ3v) is 7.28. The van der Waals surface area contributed by atoms with Crippen LogP contribution in [0.2, 0.25) is 0 Å². The van der Waals surface area contributed by atoms with Gasteiger partial charge in [0.1, 0.15) is 0 Å². The van der Waals surface area contributed by atoms with E-state index in [2.05, 4.69) is 46.9 Å². The molecule has 0 atom stereocenters. The van der Waals surface area contributed by atoms with Gasteiger partial charge in [0.25, 0.3) is 0 Å². The summed E-state index contributed by atoms with van der Waals surface area (Å²) in [5.74, 6) is 0. The Morgan fingerprint density at radius 1 is 0.667 bits per heavy atom. The molecule has 0 aliphatic heterocycles. The fourth-order valence-corrected chi connectivity index (χ4v) is 6.25. The van der Waals surface area contributed by atoms with E-state index in [1.54, 1.807) is 0 Å². The Morgan fingerprint density at radius 3 is 1.52 bits per heavy atom. The van der Waals surface area contributed by atoms with E-state index in [4.69, 9.17) is 0 Å². The standard InChI is InChI=1S/C26H17N3.2C2H6/c27-12-14-10-22-24(18-6-1-4-16(14)18)20-8-3-9-21-25-19-7-2-5-17(19)15(13-28)11-23(25)29(22)26(20)21;2*1-2/h3,8-11H,1-2,4-7H2;2*1-2H3. The molecule has 0 fully saturated rings. The van der Waals surface area contributed by atoms with E-state index >= 15 is 0 Å². The smallest absolute Gasteiger partial charge is 0.0995 e. The lowest BCUT2D eigenvalue weighted by molar-refractivity contribution is 0.912. The molecule has 0 spiro atoms. The van der Waals surface area contributed by atoms with Gasteiger partial charge in [-0.3, -0.25) is 0 Å². The molecule has 0 N–H and O–H groups in total. The first kappa shape index (κ1) is 21.3. The molecule has 0 amide bonds. The quantitative estimate of drug-likeness (QED) is 0.253. The van der Waals surface area contributed by atoms with Crippen LogP contribution >= 0.6 is 0 Å². The van der Waals surface area contributed by atoms with Crippen LogP contribution in [0.3, 0.4) is 0 Å². The van der Waals surface area contributed by atoms with E-state index < -0.39 is 0 Å². The SMILES string of the molecule is CC.CC.N#Cc1cc2c(c3c1CCC3)c1cccc3c4c5c(c(C#N)cc4n2c13)CCC5. The molecule has 0 radical (unpaired) electrons. The molecule has 0 saturated carbocycles. The van der Waals surface area contributed by atoms with Crippen LogP contribution in [0.5, 0.6) is 0 Å². The fraction of sp³-hybridized carbons (Fsp3) is 0.333. The fourth-order valence-electron chi connectivity index (χ4n) is 6.25. The lowest BCUT2D eigenvalue weighted by atomic mass is 9.95. The first-order valence-electron chi connectivity index (χ1n) is 12.4. The summed E-state index contributed by atoms with van der Waals surface area (Å²) in [5, 5.41) is 24.9. The highest BCUT2D eigenvalue weighted by Gasteiger charge is 2.28. The largest absolute Gasteiger partial charge is 0.308 e. The molecule has 3 aromatic carbocycles. The molecular formula is C30H29N3. The lowest BCUT2D eigenvalue weighted by Gasteiger charge is -2.08. The number of aryl methyl sites for hydroxylation is 2. The summed E-state index contributed by atoms with van der Waals surface area (Å²) >= 11 is 0. The zero-order valence-corrected chi connectivity index (χ0v) is 20.0. The van der Waals surface area contributed by atoms with Crippen molar-refractivity contribution in [2.75, 3.05) is 0 Å². The van der Waals surface area contributed by atoms with Gasteiger partial charge < -0.3 is 4.40 Å². The number of hydrogen-bond acceptors (Lipinski definition) is 2. The summed E-state index contributed by atoms with van der Waals surface area (Å²) in [6, 6.07) is 15.7. The molecule has 7 rings (SSSR count). The average molecular weight is 432 g/mol. The number of nitriles is 2. The average Bonchev–Trinajstić information content (AvgIpc) is 3.65. The predicted octanol–water partition coefficient (Wildman–Crippen LogP) is 7.61. The van der Waals surface area contributed by atoms with Crippen molar-refractivity contribution < 1.29 is 0 Å². The second kappa shape index (κ2) is 8.09. The summed E-state index contributed by atoms with van der Waals surface area (Å²) in [4.78, 5) is 0. The summed E-state index contributed by atoms with van der Waals surface area (Å²) in [6.07, 6.45) is 6.35. The number of fused-ring (bicyclic) bond motifs is 10. The maximum Gasteiger partial charge on any atom is 0.0995 e. The van der Waals surface area contributed by atoms with Gasteiger partial charge in [-0.1, -0.05) is 45.9 Å². The zero-order chi connectivity index (χ0) is 23.3. The van der Waals surface area contributed by atoms with Crippen LogP contribution < -0.4 is 0 Å². The van der Waals surface area contributed by atoms with Crippen LogP contribution in [0, 0.1) is 22.7 Å². The summed E-state index contributed by atoms with van der Waals surface area (Å²) < 4.78 is 2.34. The molecule has 2 heterocycles. The van der Waals surface area contributed by atoms with Crippen molar-refractivity contribution in [3.05, 3.63) is 63.7 Å². The molecule has 3 nitrogen and oxygen atoms in total. The van der Waals surface area contributed by atoms with E-state index in [9.17, 15) is 10.5 Å². The summed E-state index contributed by atoms with van der Waals surface area (Å²) in [7, 11) is 0. The molecule has 164 valence electrons. The van der Waals surface area contributed by atoms with Gasteiger partial charge in [-0.15, -0.1) is 0 Å². The van der Waals surface area contributed by atoms with E-state index in [-0.39, 0.29) is 0 Å². The van der Waals surface area contributed by atoms with Crippen LogP contribution in [0.1, 0.15) is 73.9 Å². The Balaban J connectivity index is 0.000000544. The maximum atomic E-state index is 9.81. The Kier molecular flexibility index (Phi) is 5.22. The number of rotatable bonds is 0. The molecule has 33 heavy (non-hydrogen) atoms. The minimum absolute atomic E-state index is 0.820. The van der Waals surface area contributed by atoms with E-state index in [0.717, 1.165) is 60.7 Å². The molecule has 2 aliphatic rings. The first-order chi connectivity index (χ1) is 16.3. The second-order valence-electron chi connectivity index (χ2n) is 8.52. The predicted molar refractivity (Wildman–Crippen MR) is 137 cm³/mol. The van der Waals surface area contributed by atoms with E-state index in [0.29, 0.717) is 0 Å². The topological polar surface area (TPSA) is 52.0 Å². The van der Waals surface area contributed by atoms with Gasteiger partial charge in [0.2, 0.25) is 0 Å². The van der Waals surface area contributed by atoms with Crippen molar-refractivity contribution in [2.24, 2.45) is 0 Å². The Hall–Kier alpha value is -3.56. The van der Waals surface area contributed by atoms with Crippen molar-refractivity contribution >= 4 is 38.1 Å². The van der Waals surface area contributed by atoms with Crippen molar-refractivity contribution in [3.63, 3.8) is 0 Å². The van der Waals surface area contributed by atoms with Gasteiger partial charge in [-0.05, 0) is 72.9 Å². The van der Waals surface area contributed by atoms with Crippen molar-refractivity contribution in [1.82, 2.24) is 4.40 Å². The Labute approximate surface area is 195 Å². The monoisotopic (exact) mass is 431 g/mol. The summed E-state index contributed by atoms with van der Waals surface area (Å²) in [6.45, 7) is 8.00. The van der Waals surface area contributed by atoms with Crippen LogP contribution in [-0.4, -0.2) is 4.40 Å². The van der Waals surface area contributed by atoms with Gasteiger partial charge >= 0.3 is 0 Å². The van der Waals surface area contributed by atoms with E-state index in [1.165, 1.54) is 49.3 Å². The molecule has 2 aromatic heterocycles. The molecule has 0 saturated heterocycles. The van der Waals surface area contributed by atoms with Crippen LogP contribution in [0.25, 0.3) is 38.1 Å². The van der Waals surface area contributed by atoms with Gasteiger partial charge in [0, 0.05) is 21.5 Å². The number of hydrogen-bond donors (Lipinski definition) is 0. The number of nitrogens with zero attached hydrogens (tertiary/aromatic N) is 3. The zero-order valence-electron chi connectivity index (χ0n) is 20.0. The third kappa shape index (κ3) is 2.66. The van der Waals surface area contributed by atoms with Crippen LogP contribution in [0.4, 0.5) is 0 Å². The molecule has 0 unspecified atom stereocenters. The van der Waals surface area contributed by atoms with Gasteiger partial charge in [0.15, 0.2) is 0 Å². The highest BCUT2D eigenvalue weighted by atomic mass is 14.9. The van der Waals surface area contributed by atoms with Gasteiger partial charge in [-0.2, -0.15) is 10.5 Å². The molecule has 5 aromatic rings. The van der Waals surface area contributed by atoms with Crippen LogP contribution in [-0.2, 0) is 25.7 Å². The molecule has 2 aliphatic carbocycles. The van der Waals surface area contributed by atoms with Crippen LogP contribution in [0.15, 0.2) is 30.3 Å². The summed E-state index contributed by atoms with van der Waals surface area (Å²) in [5.41, 5.74) is 10.4. The Morgan fingerprint density at radius 2 is 1.09 bits per heavy atom. The number of aromatic nitrogens is 1. The lowest BCUT2D eigenvalue weighted by Crippen LogP contribution is -1.94. The highest BCUT2D eigenvalue weighted by molar-refractivity contribution is 6.25. The van der Waals surface area contributed by atoms with Crippen molar-refractivity contribution in [2.45, 2.75) is 66.2 Å². The number of para-hydroxylation sites is 1. The Bertz CT molecular complexity index is 1500.